The third-order valence-corrected chi connectivity index (χ3v) is 3.10. The molecule has 0 atom stereocenters. The Hall–Kier alpha value is -2.47. The maximum Gasteiger partial charge on any atom is 0.342 e. The number of allylic oxidation sites excluding steroid dienone is 1. The monoisotopic (exact) mass is 301 g/mol. The Balaban J connectivity index is 2.43. The normalized spacial score (nSPS) is 12.1. The number of fused-ring (bicyclic) bond motifs is 1. The van der Waals surface area contributed by atoms with Crippen LogP contribution in [-0.2, 0) is 14.3 Å². The Morgan fingerprint density at radius 3 is 2.41 bits per heavy atom. The number of para-hydroxylation sites is 2. The molecule has 0 radical (unpaired) electrons. The quantitative estimate of drug-likeness (QED) is 0.515. The van der Waals surface area contributed by atoms with Gasteiger partial charge in [0.15, 0.2) is 0 Å². The van der Waals surface area contributed by atoms with Crippen LogP contribution in [0.4, 0.5) is 0 Å². The third kappa shape index (κ3) is 3.40. The van der Waals surface area contributed by atoms with Crippen LogP contribution in [0.5, 0.6) is 0 Å². The minimum Gasteiger partial charge on any atom is -0.460 e. The molecule has 1 aromatic heterocycles. The smallest absolute Gasteiger partial charge is 0.342 e. The van der Waals surface area contributed by atoms with Crippen LogP contribution in [0.3, 0.4) is 0 Å². The van der Waals surface area contributed by atoms with Crippen molar-refractivity contribution in [1.82, 2.24) is 9.97 Å². The first-order valence-corrected chi connectivity index (χ1v) is 6.90. The zero-order valence-electron chi connectivity index (χ0n) is 12.9. The topological polar surface area (TPSA) is 87.3 Å². The Labute approximate surface area is 129 Å². The SMILES string of the molecule is COCCOC(=O)/C(=C(/C)N)c1nc2ccccc2nc1C. The van der Waals surface area contributed by atoms with Crippen molar-refractivity contribution in [2.45, 2.75) is 13.8 Å². The summed E-state index contributed by atoms with van der Waals surface area (Å²) in [7, 11) is 1.54. The fourth-order valence-corrected chi connectivity index (χ4v) is 2.06. The van der Waals surface area contributed by atoms with Gasteiger partial charge in [-0.15, -0.1) is 0 Å². The van der Waals surface area contributed by atoms with Gasteiger partial charge in [0.05, 0.1) is 23.3 Å². The van der Waals surface area contributed by atoms with Gasteiger partial charge in [0, 0.05) is 12.8 Å². The average Bonchev–Trinajstić information content (AvgIpc) is 2.48. The van der Waals surface area contributed by atoms with Crippen molar-refractivity contribution >= 4 is 22.6 Å². The molecule has 0 aliphatic rings. The minimum absolute atomic E-state index is 0.159. The van der Waals surface area contributed by atoms with Crippen LogP contribution in [-0.4, -0.2) is 36.3 Å². The summed E-state index contributed by atoms with van der Waals surface area (Å²) in [4.78, 5) is 21.3. The van der Waals surface area contributed by atoms with Crippen LogP contribution in [0.1, 0.15) is 18.3 Å². The summed E-state index contributed by atoms with van der Waals surface area (Å²) in [5.41, 5.74) is 8.99. The molecule has 0 fully saturated rings. The highest BCUT2D eigenvalue weighted by atomic mass is 16.6. The van der Waals surface area contributed by atoms with E-state index in [0.717, 1.165) is 5.52 Å². The second-order valence-corrected chi connectivity index (χ2v) is 4.83. The summed E-state index contributed by atoms with van der Waals surface area (Å²) < 4.78 is 10.0. The van der Waals surface area contributed by atoms with E-state index in [1.165, 1.54) is 7.11 Å². The summed E-state index contributed by atoms with van der Waals surface area (Å²) in [6.45, 7) is 3.92. The van der Waals surface area contributed by atoms with Crippen molar-refractivity contribution in [2.24, 2.45) is 5.73 Å². The molecule has 0 aliphatic carbocycles. The van der Waals surface area contributed by atoms with Crippen molar-refractivity contribution in [3.63, 3.8) is 0 Å². The van der Waals surface area contributed by atoms with E-state index in [9.17, 15) is 4.79 Å². The molecule has 116 valence electrons. The van der Waals surface area contributed by atoms with Crippen LogP contribution >= 0.6 is 0 Å². The number of nitrogens with zero attached hydrogens (tertiary/aromatic N) is 2. The zero-order valence-corrected chi connectivity index (χ0v) is 12.9. The van der Waals surface area contributed by atoms with Gasteiger partial charge in [-0.25, -0.2) is 14.8 Å². The van der Waals surface area contributed by atoms with Gasteiger partial charge in [0.2, 0.25) is 0 Å². The minimum atomic E-state index is -0.523. The van der Waals surface area contributed by atoms with Gasteiger partial charge < -0.3 is 15.2 Å². The lowest BCUT2D eigenvalue weighted by molar-refractivity contribution is -0.137. The highest BCUT2D eigenvalue weighted by molar-refractivity contribution is 6.17. The molecule has 0 saturated carbocycles. The average molecular weight is 301 g/mol. The van der Waals surface area contributed by atoms with Gasteiger partial charge in [-0.1, -0.05) is 12.1 Å². The maximum absolute atomic E-state index is 12.3. The lowest BCUT2D eigenvalue weighted by atomic mass is 10.1. The van der Waals surface area contributed by atoms with E-state index in [4.69, 9.17) is 15.2 Å². The van der Waals surface area contributed by atoms with Gasteiger partial charge in [-0.2, -0.15) is 0 Å². The zero-order chi connectivity index (χ0) is 16.1. The van der Waals surface area contributed by atoms with Crippen molar-refractivity contribution in [1.29, 1.82) is 0 Å². The summed E-state index contributed by atoms with van der Waals surface area (Å²) >= 11 is 0. The second kappa shape index (κ2) is 7.00. The molecule has 2 N–H and O–H groups in total. The van der Waals surface area contributed by atoms with Crippen molar-refractivity contribution in [2.75, 3.05) is 20.3 Å². The molecule has 22 heavy (non-hydrogen) atoms. The molecule has 0 spiro atoms. The van der Waals surface area contributed by atoms with Crippen LogP contribution in [0.15, 0.2) is 30.0 Å². The first kappa shape index (κ1) is 15.9. The molecule has 0 unspecified atom stereocenters. The predicted octanol–water partition coefficient (Wildman–Crippen LogP) is 1.82. The number of carbonyl (C=O) groups excluding carboxylic acids is 1. The molecule has 0 amide bonds. The first-order chi connectivity index (χ1) is 10.5. The van der Waals surface area contributed by atoms with E-state index in [1.54, 1.807) is 13.8 Å². The number of aryl methyl sites for hydroxylation is 1. The molecular weight excluding hydrogens is 282 g/mol. The highest BCUT2D eigenvalue weighted by Gasteiger charge is 2.21. The number of ether oxygens (including phenoxy) is 2. The molecule has 2 rings (SSSR count). The Kier molecular flexibility index (Phi) is 5.06. The van der Waals surface area contributed by atoms with Crippen molar-refractivity contribution < 1.29 is 14.3 Å². The number of hydrogen-bond donors (Lipinski definition) is 1. The second-order valence-electron chi connectivity index (χ2n) is 4.83. The van der Waals surface area contributed by atoms with E-state index >= 15 is 0 Å². The van der Waals surface area contributed by atoms with Gasteiger partial charge in [-0.3, -0.25) is 0 Å². The van der Waals surface area contributed by atoms with E-state index in [1.807, 2.05) is 24.3 Å². The Morgan fingerprint density at radius 2 is 1.82 bits per heavy atom. The molecule has 6 heteroatoms. The summed E-state index contributed by atoms with van der Waals surface area (Å²) in [5, 5.41) is 0. The number of carbonyl (C=O) groups is 1. The highest BCUT2D eigenvalue weighted by Crippen LogP contribution is 2.22. The lowest BCUT2D eigenvalue weighted by Crippen LogP contribution is -2.16. The van der Waals surface area contributed by atoms with Gasteiger partial charge in [0.1, 0.15) is 17.9 Å². The van der Waals surface area contributed by atoms with Gasteiger partial charge in [-0.05, 0) is 26.0 Å². The molecule has 1 aromatic carbocycles. The molecule has 0 aliphatic heterocycles. The largest absolute Gasteiger partial charge is 0.460 e. The van der Waals surface area contributed by atoms with Crippen LogP contribution in [0, 0.1) is 6.92 Å². The van der Waals surface area contributed by atoms with Gasteiger partial charge in [0.25, 0.3) is 0 Å². The fourth-order valence-electron chi connectivity index (χ4n) is 2.06. The number of nitrogens with two attached hydrogens (primary N) is 1. The molecule has 0 saturated heterocycles. The van der Waals surface area contributed by atoms with Crippen LogP contribution in [0.2, 0.25) is 0 Å². The molecule has 1 heterocycles. The summed E-state index contributed by atoms with van der Waals surface area (Å²) in [6, 6.07) is 7.46. The predicted molar refractivity (Wildman–Crippen MR) is 83.9 cm³/mol. The summed E-state index contributed by atoms with van der Waals surface area (Å²) in [5.74, 6) is -0.523. The number of benzene rings is 1. The Bertz CT molecular complexity index is 722. The number of aromatic nitrogens is 2. The van der Waals surface area contributed by atoms with E-state index in [-0.39, 0.29) is 12.2 Å². The first-order valence-electron chi connectivity index (χ1n) is 6.90. The fraction of sp³-hybridized carbons (Fsp3) is 0.312. The third-order valence-electron chi connectivity index (χ3n) is 3.10. The van der Waals surface area contributed by atoms with E-state index < -0.39 is 5.97 Å². The summed E-state index contributed by atoms with van der Waals surface area (Å²) in [6.07, 6.45) is 0. The van der Waals surface area contributed by atoms with E-state index in [0.29, 0.717) is 29.2 Å². The number of methoxy groups -OCH3 is 1. The molecule has 0 bridgehead atoms. The number of rotatable bonds is 5. The number of esters is 1. The Morgan fingerprint density at radius 1 is 1.18 bits per heavy atom. The maximum atomic E-state index is 12.3. The number of hydrogen-bond acceptors (Lipinski definition) is 6. The van der Waals surface area contributed by atoms with Crippen molar-refractivity contribution in [3.05, 3.63) is 41.4 Å². The van der Waals surface area contributed by atoms with E-state index in [2.05, 4.69) is 9.97 Å². The molecule has 2 aromatic rings. The van der Waals surface area contributed by atoms with Crippen LogP contribution < -0.4 is 5.73 Å². The lowest BCUT2D eigenvalue weighted by Gasteiger charge is -2.12. The molecular formula is C16H19N3O3. The molecule has 6 nitrogen and oxygen atoms in total. The standard InChI is InChI=1S/C16H19N3O3/c1-10(17)14(16(20)22-9-8-21-3)15-11(2)18-12-6-4-5-7-13(12)19-15/h4-7H,8-9,17H2,1-3H3/b14-10-. The van der Waals surface area contributed by atoms with Crippen LogP contribution in [0.25, 0.3) is 16.6 Å². The van der Waals surface area contributed by atoms with Gasteiger partial charge >= 0.3 is 5.97 Å². The van der Waals surface area contributed by atoms with Crippen molar-refractivity contribution in [3.8, 4) is 0 Å².